The molecule has 1 unspecified atom stereocenters. The summed E-state index contributed by atoms with van der Waals surface area (Å²) in [5.41, 5.74) is 0.611. The number of piperidine rings is 1. The summed E-state index contributed by atoms with van der Waals surface area (Å²) in [5.74, 6) is 2.96. The Kier molecular flexibility index (Phi) is 6.14. The molecule has 2 saturated heterocycles. The van der Waals surface area contributed by atoms with Crippen LogP contribution in [0.15, 0.2) is 23.1 Å². The quantitative estimate of drug-likeness (QED) is 0.841. The van der Waals surface area contributed by atoms with Crippen molar-refractivity contribution in [1.82, 2.24) is 9.62 Å². The molecule has 3 rings (SSSR count). The number of nitrogens with zero attached hydrogens (tertiary/aromatic N) is 1. The van der Waals surface area contributed by atoms with Crippen molar-refractivity contribution in [3.05, 3.63) is 28.8 Å². The molecule has 0 saturated carbocycles. The first-order valence-corrected chi connectivity index (χ1v) is 11.6. The molecule has 0 spiro atoms. The van der Waals surface area contributed by atoms with E-state index in [1.165, 1.54) is 17.9 Å². The third-order valence-corrected chi connectivity index (χ3v) is 8.26. The lowest BCUT2D eigenvalue weighted by Crippen LogP contribution is -2.43. The van der Waals surface area contributed by atoms with Crippen molar-refractivity contribution in [3.8, 4) is 0 Å². The van der Waals surface area contributed by atoms with E-state index in [2.05, 4.69) is 9.62 Å². The summed E-state index contributed by atoms with van der Waals surface area (Å²) in [6, 6.07) is 5.75. The number of hydrogen-bond acceptors (Lipinski definition) is 4. The summed E-state index contributed by atoms with van der Waals surface area (Å²) in [6.07, 6.45) is 3.44. The highest BCUT2D eigenvalue weighted by atomic mass is 35.5. The largest absolute Gasteiger partial charge is 0.300 e. The van der Waals surface area contributed by atoms with Crippen LogP contribution < -0.4 is 4.72 Å². The topological polar surface area (TPSA) is 49.4 Å². The maximum atomic E-state index is 12.5. The van der Waals surface area contributed by atoms with Crippen LogP contribution >= 0.6 is 23.4 Å². The van der Waals surface area contributed by atoms with E-state index in [0.717, 1.165) is 32.0 Å². The van der Waals surface area contributed by atoms with Crippen molar-refractivity contribution >= 4 is 33.4 Å². The second kappa shape index (κ2) is 7.96. The Bertz CT molecular complexity index is 667. The van der Waals surface area contributed by atoms with Crippen LogP contribution in [0, 0.1) is 12.8 Å². The molecule has 0 aliphatic carbocycles. The van der Waals surface area contributed by atoms with Gasteiger partial charge in [0.25, 0.3) is 0 Å². The van der Waals surface area contributed by atoms with Gasteiger partial charge in [-0.2, -0.15) is 11.8 Å². The van der Waals surface area contributed by atoms with Gasteiger partial charge in [0.1, 0.15) is 0 Å². The molecule has 0 bridgehead atoms. The first-order valence-electron chi connectivity index (χ1n) is 8.54. The Morgan fingerprint density at radius 3 is 2.71 bits per heavy atom. The molecule has 1 aromatic carbocycles. The smallest absolute Gasteiger partial charge is 0.240 e. The van der Waals surface area contributed by atoms with Crippen LogP contribution in [0.3, 0.4) is 0 Å². The highest BCUT2D eigenvalue weighted by Gasteiger charge is 2.28. The van der Waals surface area contributed by atoms with Crippen molar-refractivity contribution in [1.29, 1.82) is 0 Å². The summed E-state index contributed by atoms with van der Waals surface area (Å²) in [6.45, 7) is 4.44. The van der Waals surface area contributed by atoms with E-state index in [0.29, 0.717) is 23.0 Å². The number of thioether (sulfide) groups is 1. The second-order valence-electron chi connectivity index (χ2n) is 6.71. The zero-order valence-corrected chi connectivity index (χ0v) is 16.4. The van der Waals surface area contributed by atoms with Crippen molar-refractivity contribution in [2.45, 2.75) is 37.1 Å². The molecular formula is C17H25ClN2O2S2. The minimum absolute atomic E-state index is 0.287. The molecule has 134 valence electrons. The molecule has 0 radical (unpaired) electrons. The molecule has 0 amide bonds. The predicted octanol–water partition coefficient (Wildman–Crippen LogP) is 3.14. The van der Waals surface area contributed by atoms with Gasteiger partial charge in [0.05, 0.1) is 4.90 Å². The summed E-state index contributed by atoms with van der Waals surface area (Å²) in [4.78, 5) is 2.88. The lowest BCUT2D eigenvalue weighted by atomic mass is 9.96. The molecular weight excluding hydrogens is 364 g/mol. The third-order valence-electron chi connectivity index (χ3n) is 5.14. The Morgan fingerprint density at radius 1 is 1.29 bits per heavy atom. The molecule has 7 heteroatoms. The van der Waals surface area contributed by atoms with E-state index < -0.39 is 10.0 Å². The number of halogens is 1. The number of likely N-dealkylation sites (tertiary alicyclic amines) is 1. The number of rotatable bonds is 5. The fourth-order valence-electron chi connectivity index (χ4n) is 3.52. The van der Waals surface area contributed by atoms with E-state index in [-0.39, 0.29) is 4.90 Å². The van der Waals surface area contributed by atoms with E-state index in [4.69, 9.17) is 11.6 Å². The van der Waals surface area contributed by atoms with Gasteiger partial charge < -0.3 is 0 Å². The van der Waals surface area contributed by atoms with Gasteiger partial charge in [-0.15, -0.1) is 0 Å². The van der Waals surface area contributed by atoms with Crippen LogP contribution in [0.4, 0.5) is 0 Å². The molecule has 2 aliphatic rings. The van der Waals surface area contributed by atoms with E-state index in [1.807, 2.05) is 11.8 Å². The Labute approximate surface area is 154 Å². The van der Waals surface area contributed by atoms with Gasteiger partial charge in [-0.3, -0.25) is 4.90 Å². The lowest BCUT2D eigenvalue weighted by Gasteiger charge is -2.35. The first-order chi connectivity index (χ1) is 11.5. The van der Waals surface area contributed by atoms with E-state index in [9.17, 15) is 8.42 Å². The molecule has 1 N–H and O–H groups in total. The Hall–Kier alpha value is -0.270. The van der Waals surface area contributed by atoms with Crippen molar-refractivity contribution in [2.24, 2.45) is 5.92 Å². The zero-order chi connectivity index (χ0) is 17.2. The van der Waals surface area contributed by atoms with Crippen molar-refractivity contribution < 1.29 is 8.42 Å². The molecule has 2 fully saturated rings. The van der Waals surface area contributed by atoms with E-state index in [1.54, 1.807) is 25.1 Å². The summed E-state index contributed by atoms with van der Waals surface area (Å²) < 4.78 is 27.9. The Balaban J connectivity index is 1.53. The molecule has 2 aliphatic heterocycles. The maximum absolute atomic E-state index is 12.5. The highest BCUT2D eigenvalue weighted by molar-refractivity contribution is 7.99. The molecule has 24 heavy (non-hydrogen) atoms. The van der Waals surface area contributed by atoms with Crippen LogP contribution in [0.5, 0.6) is 0 Å². The van der Waals surface area contributed by atoms with Gasteiger partial charge >= 0.3 is 0 Å². The minimum atomic E-state index is -3.49. The lowest BCUT2D eigenvalue weighted by molar-refractivity contribution is 0.145. The number of hydrogen-bond donors (Lipinski definition) is 1. The molecule has 0 aromatic heterocycles. The zero-order valence-electron chi connectivity index (χ0n) is 14.0. The summed E-state index contributed by atoms with van der Waals surface area (Å²) >= 11 is 8.09. The van der Waals surface area contributed by atoms with Crippen LogP contribution in [-0.2, 0) is 10.0 Å². The third kappa shape index (κ3) is 4.28. The SMILES string of the molecule is Cc1c(Cl)cccc1S(=O)(=O)NCC1CCN(C2CCSC2)CC1. The normalized spacial score (nSPS) is 23.7. The molecule has 2 heterocycles. The highest BCUT2D eigenvalue weighted by Crippen LogP contribution is 2.27. The van der Waals surface area contributed by atoms with Crippen molar-refractivity contribution in [2.75, 3.05) is 31.1 Å². The average molecular weight is 389 g/mol. The fourth-order valence-corrected chi connectivity index (χ4v) is 6.38. The van der Waals surface area contributed by atoms with Crippen molar-refractivity contribution in [3.63, 3.8) is 0 Å². The van der Waals surface area contributed by atoms with Gasteiger partial charge in [0.2, 0.25) is 10.0 Å². The monoisotopic (exact) mass is 388 g/mol. The summed E-state index contributed by atoms with van der Waals surface area (Å²) in [5, 5.41) is 0.487. The maximum Gasteiger partial charge on any atom is 0.240 e. The van der Waals surface area contributed by atoms with Crippen LogP contribution in [-0.4, -0.2) is 50.5 Å². The number of sulfonamides is 1. The molecule has 1 aromatic rings. The average Bonchev–Trinajstić information content (AvgIpc) is 3.10. The fraction of sp³-hybridized carbons (Fsp3) is 0.647. The summed E-state index contributed by atoms with van der Waals surface area (Å²) in [7, 11) is -3.49. The predicted molar refractivity (Wildman–Crippen MR) is 101 cm³/mol. The second-order valence-corrected chi connectivity index (χ2v) is 10.0. The van der Waals surface area contributed by atoms with Gasteiger partial charge in [-0.25, -0.2) is 13.1 Å². The van der Waals surface area contributed by atoms with Crippen LogP contribution in [0.2, 0.25) is 5.02 Å². The number of nitrogens with one attached hydrogen (secondary N) is 1. The standard InChI is InChI=1S/C17H25ClN2O2S2/c1-13-16(18)3-2-4-17(13)24(21,22)19-11-14-5-8-20(9-6-14)15-7-10-23-12-15/h2-4,14-15,19H,5-12H2,1H3. The minimum Gasteiger partial charge on any atom is -0.300 e. The molecule has 1 atom stereocenters. The molecule has 4 nitrogen and oxygen atoms in total. The van der Waals surface area contributed by atoms with Gasteiger partial charge in [-0.1, -0.05) is 17.7 Å². The van der Waals surface area contributed by atoms with Gasteiger partial charge in [0.15, 0.2) is 0 Å². The van der Waals surface area contributed by atoms with Crippen LogP contribution in [0.25, 0.3) is 0 Å². The Morgan fingerprint density at radius 2 is 2.04 bits per heavy atom. The first kappa shape index (κ1) is 18.5. The van der Waals surface area contributed by atoms with Gasteiger partial charge in [-0.05, 0) is 68.6 Å². The number of benzene rings is 1. The van der Waals surface area contributed by atoms with Gasteiger partial charge in [0, 0.05) is 23.4 Å². The van der Waals surface area contributed by atoms with Crippen LogP contribution in [0.1, 0.15) is 24.8 Å². The van der Waals surface area contributed by atoms with E-state index >= 15 is 0 Å².